The lowest BCUT2D eigenvalue weighted by molar-refractivity contribution is 0.0605. The van der Waals surface area contributed by atoms with Crippen LogP contribution in [0.2, 0.25) is 0 Å². The summed E-state index contributed by atoms with van der Waals surface area (Å²) < 4.78 is 10.8. The second kappa shape index (κ2) is 7.67. The molecule has 1 aliphatic heterocycles. The Labute approximate surface area is 185 Å². The van der Waals surface area contributed by atoms with Crippen molar-refractivity contribution in [3.05, 3.63) is 60.2 Å². The SMILES string of the molecule is COc1cc2nc(C3(C)CCCN3C(=O)c3ccccc3-n3nccn3)[nH]c2cc1OC. The molecule has 1 unspecified atom stereocenters. The second-order valence-corrected chi connectivity index (χ2v) is 7.98. The molecule has 0 bridgehead atoms. The number of hydrogen-bond acceptors (Lipinski definition) is 6. The zero-order valence-corrected chi connectivity index (χ0v) is 18.2. The number of H-pyrrole nitrogens is 1. The zero-order chi connectivity index (χ0) is 22.3. The fourth-order valence-electron chi connectivity index (χ4n) is 4.44. The van der Waals surface area contributed by atoms with Crippen LogP contribution < -0.4 is 9.47 Å². The van der Waals surface area contributed by atoms with Crippen LogP contribution >= 0.6 is 0 Å². The average molecular weight is 432 g/mol. The van der Waals surface area contributed by atoms with Gasteiger partial charge in [0.15, 0.2) is 11.5 Å². The topological polar surface area (TPSA) is 98.2 Å². The van der Waals surface area contributed by atoms with Crippen LogP contribution in [0.15, 0.2) is 48.8 Å². The molecule has 1 saturated heterocycles. The summed E-state index contributed by atoms with van der Waals surface area (Å²) in [7, 11) is 3.20. The summed E-state index contributed by atoms with van der Waals surface area (Å²) in [6, 6.07) is 11.1. The number of aromatic nitrogens is 5. The first kappa shape index (κ1) is 20.0. The van der Waals surface area contributed by atoms with Crippen LogP contribution in [0.3, 0.4) is 0 Å². The molecular formula is C23H24N6O3. The van der Waals surface area contributed by atoms with Gasteiger partial charge in [0.25, 0.3) is 5.91 Å². The lowest BCUT2D eigenvalue weighted by Gasteiger charge is -2.34. The van der Waals surface area contributed by atoms with Crippen molar-refractivity contribution in [3.8, 4) is 17.2 Å². The maximum absolute atomic E-state index is 13.7. The predicted octanol–water partition coefficient (Wildman–Crippen LogP) is 3.31. The number of aromatic amines is 1. The van der Waals surface area contributed by atoms with Crippen LogP contribution in [-0.4, -0.2) is 56.5 Å². The number of nitrogens with one attached hydrogen (secondary N) is 1. The summed E-state index contributed by atoms with van der Waals surface area (Å²) in [5, 5.41) is 8.41. The van der Waals surface area contributed by atoms with Crippen molar-refractivity contribution in [1.82, 2.24) is 29.9 Å². The Hall–Kier alpha value is -3.88. The Morgan fingerprint density at radius 1 is 1.09 bits per heavy atom. The van der Waals surface area contributed by atoms with Crippen molar-refractivity contribution in [3.63, 3.8) is 0 Å². The van der Waals surface area contributed by atoms with Gasteiger partial charge in [-0.25, -0.2) is 4.98 Å². The minimum atomic E-state index is -0.582. The molecule has 0 aliphatic carbocycles. The largest absolute Gasteiger partial charge is 0.493 e. The van der Waals surface area contributed by atoms with Gasteiger partial charge < -0.3 is 19.4 Å². The fraction of sp³-hybridized carbons (Fsp3) is 0.304. The highest BCUT2D eigenvalue weighted by Crippen LogP contribution is 2.40. The number of carbonyl (C=O) groups is 1. The Morgan fingerprint density at radius 2 is 1.81 bits per heavy atom. The average Bonchev–Trinajstić information content (AvgIpc) is 3.57. The number of fused-ring (bicyclic) bond motifs is 1. The summed E-state index contributed by atoms with van der Waals surface area (Å²) >= 11 is 0. The number of ether oxygens (including phenoxy) is 2. The normalized spacial score (nSPS) is 18.3. The standard InChI is InChI=1S/C23H24N6O3/c1-23(22-26-16-13-19(31-2)20(32-3)14-17(16)27-22)9-6-12-28(23)21(30)15-7-4-5-8-18(15)29-24-10-11-25-29/h4-5,7-8,10-11,13-14H,6,9,12H2,1-3H3,(H,26,27). The third kappa shape index (κ3) is 3.08. The van der Waals surface area contributed by atoms with Gasteiger partial charge in [0.05, 0.1) is 54.4 Å². The molecule has 0 radical (unpaired) electrons. The van der Waals surface area contributed by atoms with Crippen molar-refractivity contribution in [2.24, 2.45) is 0 Å². The second-order valence-electron chi connectivity index (χ2n) is 7.98. The highest BCUT2D eigenvalue weighted by molar-refractivity contribution is 5.98. The van der Waals surface area contributed by atoms with Crippen LogP contribution in [0, 0.1) is 0 Å². The van der Waals surface area contributed by atoms with E-state index in [0.717, 1.165) is 29.7 Å². The van der Waals surface area contributed by atoms with Gasteiger partial charge in [-0.2, -0.15) is 15.0 Å². The van der Waals surface area contributed by atoms with Crippen molar-refractivity contribution in [2.45, 2.75) is 25.3 Å². The molecule has 5 rings (SSSR count). The Kier molecular flexibility index (Phi) is 4.80. The van der Waals surface area contributed by atoms with Gasteiger partial charge in [0, 0.05) is 18.7 Å². The van der Waals surface area contributed by atoms with E-state index in [-0.39, 0.29) is 5.91 Å². The van der Waals surface area contributed by atoms with E-state index in [0.29, 0.717) is 29.3 Å². The van der Waals surface area contributed by atoms with Crippen molar-refractivity contribution >= 4 is 16.9 Å². The van der Waals surface area contributed by atoms with Gasteiger partial charge in [-0.05, 0) is 31.9 Å². The van der Waals surface area contributed by atoms with Gasteiger partial charge in [0.2, 0.25) is 0 Å². The Balaban J connectivity index is 1.55. The van der Waals surface area contributed by atoms with Gasteiger partial charge in [0.1, 0.15) is 5.82 Å². The molecule has 9 heteroatoms. The first-order chi connectivity index (χ1) is 15.5. The highest BCUT2D eigenvalue weighted by Gasteiger charge is 2.44. The van der Waals surface area contributed by atoms with E-state index >= 15 is 0 Å². The van der Waals surface area contributed by atoms with E-state index in [1.807, 2.05) is 41.3 Å². The summed E-state index contributed by atoms with van der Waals surface area (Å²) in [4.78, 5) is 25.4. The summed E-state index contributed by atoms with van der Waals surface area (Å²) in [6.45, 7) is 2.69. The van der Waals surface area contributed by atoms with Gasteiger partial charge in [-0.1, -0.05) is 12.1 Å². The number of para-hydroxylation sites is 1. The van der Waals surface area contributed by atoms with E-state index in [9.17, 15) is 4.79 Å². The number of methoxy groups -OCH3 is 2. The summed E-state index contributed by atoms with van der Waals surface area (Å²) in [5.41, 5.74) is 2.21. The van der Waals surface area contributed by atoms with E-state index < -0.39 is 5.54 Å². The number of hydrogen-bond donors (Lipinski definition) is 1. The van der Waals surface area contributed by atoms with Crippen LogP contribution in [0.1, 0.15) is 35.9 Å². The zero-order valence-electron chi connectivity index (χ0n) is 18.2. The monoisotopic (exact) mass is 432 g/mol. The molecule has 0 spiro atoms. The fourth-order valence-corrected chi connectivity index (χ4v) is 4.44. The first-order valence-corrected chi connectivity index (χ1v) is 10.4. The molecule has 164 valence electrons. The quantitative estimate of drug-likeness (QED) is 0.520. The molecule has 0 saturated carbocycles. The van der Waals surface area contributed by atoms with Crippen molar-refractivity contribution in [2.75, 3.05) is 20.8 Å². The van der Waals surface area contributed by atoms with Crippen molar-refractivity contribution < 1.29 is 14.3 Å². The molecule has 3 heterocycles. The van der Waals surface area contributed by atoms with Crippen LogP contribution in [0.5, 0.6) is 11.5 Å². The van der Waals surface area contributed by atoms with E-state index in [1.54, 1.807) is 26.6 Å². The maximum atomic E-state index is 13.7. The van der Waals surface area contributed by atoms with Gasteiger partial charge in [-0.3, -0.25) is 4.79 Å². The minimum Gasteiger partial charge on any atom is -0.493 e. The Bertz CT molecular complexity index is 1240. The lowest BCUT2D eigenvalue weighted by atomic mass is 9.97. The van der Waals surface area contributed by atoms with Gasteiger partial charge >= 0.3 is 0 Å². The first-order valence-electron chi connectivity index (χ1n) is 10.4. The van der Waals surface area contributed by atoms with Crippen LogP contribution in [0.4, 0.5) is 0 Å². The molecule has 1 aliphatic rings. The number of imidazole rings is 1. The molecule has 4 aromatic rings. The molecular weight excluding hydrogens is 408 g/mol. The highest BCUT2D eigenvalue weighted by atomic mass is 16.5. The van der Waals surface area contributed by atoms with E-state index in [1.165, 1.54) is 4.80 Å². The molecule has 1 atom stereocenters. The molecule has 32 heavy (non-hydrogen) atoms. The van der Waals surface area contributed by atoms with E-state index in [4.69, 9.17) is 14.5 Å². The van der Waals surface area contributed by atoms with Crippen molar-refractivity contribution in [1.29, 1.82) is 0 Å². The van der Waals surface area contributed by atoms with Crippen LogP contribution in [-0.2, 0) is 5.54 Å². The number of carbonyl (C=O) groups excluding carboxylic acids is 1. The predicted molar refractivity (Wildman–Crippen MR) is 118 cm³/mol. The number of rotatable bonds is 5. The number of nitrogens with zero attached hydrogens (tertiary/aromatic N) is 5. The number of likely N-dealkylation sites (tertiary alicyclic amines) is 1. The third-order valence-corrected chi connectivity index (χ3v) is 6.15. The minimum absolute atomic E-state index is 0.0754. The van der Waals surface area contributed by atoms with Gasteiger partial charge in [-0.15, -0.1) is 0 Å². The summed E-state index contributed by atoms with van der Waals surface area (Å²) in [6.07, 6.45) is 4.87. The molecule has 1 amide bonds. The molecule has 1 N–H and O–H groups in total. The Morgan fingerprint density at radius 3 is 2.56 bits per heavy atom. The van der Waals surface area contributed by atoms with E-state index in [2.05, 4.69) is 22.1 Å². The third-order valence-electron chi connectivity index (χ3n) is 6.15. The number of benzene rings is 2. The van der Waals surface area contributed by atoms with Crippen LogP contribution in [0.25, 0.3) is 16.7 Å². The summed E-state index contributed by atoms with van der Waals surface area (Å²) in [5.74, 6) is 1.90. The lowest BCUT2D eigenvalue weighted by Crippen LogP contribution is -2.44. The molecule has 1 fully saturated rings. The number of amides is 1. The molecule has 2 aromatic carbocycles. The maximum Gasteiger partial charge on any atom is 0.256 e. The molecule has 2 aromatic heterocycles. The smallest absolute Gasteiger partial charge is 0.256 e. The molecule has 9 nitrogen and oxygen atoms in total.